The molecule has 6 aromatic rings. The molecule has 0 atom stereocenters. The van der Waals surface area contributed by atoms with Gasteiger partial charge in [0.2, 0.25) is 5.52 Å². The number of fused-ring (bicyclic) bond motifs is 1. The van der Waals surface area contributed by atoms with Crippen LogP contribution < -0.4 is 9.30 Å². The predicted molar refractivity (Wildman–Crippen MR) is 153 cm³/mol. The largest absolute Gasteiger partial charge is 0.497 e. The van der Waals surface area contributed by atoms with Gasteiger partial charge in [0.05, 0.1) is 12.5 Å². The SMILES string of the molecule is COc1ccc(-c2cc(-c3ccccc3)c(-c3cc[n+](C)c4ccccc34)c(-c3ccccc3)c2)cc1. The number of hydrogen-bond donors (Lipinski definition) is 0. The highest BCUT2D eigenvalue weighted by Crippen LogP contribution is 2.45. The Kier molecular flexibility index (Phi) is 6.00. The molecule has 1 heterocycles. The minimum Gasteiger partial charge on any atom is -0.497 e. The molecule has 2 nitrogen and oxygen atoms in total. The maximum Gasteiger partial charge on any atom is 0.212 e. The van der Waals surface area contributed by atoms with E-state index in [1.165, 1.54) is 49.8 Å². The van der Waals surface area contributed by atoms with Gasteiger partial charge in [-0.2, -0.15) is 0 Å². The fraction of sp³-hybridized carbons (Fsp3) is 0.0571. The second kappa shape index (κ2) is 9.75. The Hall–Kier alpha value is -4.69. The molecule has 0 aliphatic carbocycles. The molecular weight excluding hydrogens is 450 g/mol. The fourth-order valence-electron chi connectivity index (χ4n) is 5.16. The first-order valence-electron chi connectivity index (χ1n) is 12.5. The van der Waals surface area contributed by atoms with Crippen LogP contribution in [0.2, 0.25) is 0 Å². The zero-order valence-corrected chi connectivity index (χ0v) is 21.1. The third-order valence-corrected chi connectivity index (χ3v) is 7.04. The monoisotopic (exact) mass is 478 g/mol. The first kappa shape index (κ1) is 22.8. The molecule has 6 rings (SSSR count). The zero-order valence-electron chi connectivity index (χ0n) is 21.1. The van der Waals surface area contributed by atoms with Crippen molar-refractivity contribution in [2.45, 2.75) is 0 Å². The highest BCUT2D eigenvalue weighted by Gasteiger charge is 2.20. The van der Waals surface area contributed by atoms with Crippen LogP contribution in [0.5, 0.6) is 5.75 Å². The van der Waals surface area contributed by atoms with E-state index in [0.29, 0.717) is 0 Å². The van der Waals surface area contributed by atoms with Crippen molar-refractivity contribution in [3.05, 3.63) is 134 Å². The first-order chi connectivity index (χ1) is 18.2. The maximum atomic E-state index is 5.42. The molecular formula is C35H28NO+. The Morgan fingerprint density at radius 3 is 1.68 bits per heavy atom. The van der Waals surface area contributed by atoms with Crippen molar-refractivity contribution in [3.8, 4) is 50.3 Å². The van der Waals surface area contributed by atoms with Gasteiger partial charge in [-0.3, -0.25) is 0 Å². The molecule has 0 unspecified atom stereocenters. The second-order valence-corrected chi connectivity index (χ2v) is 9.26. The summed E-state index contributed by atoms with van der Waals surface area (Å²) in [7, 11) is 3.81. The molecule has 0 N–H and O–H groups in total. The van der Waals surface area contributed by atoms with Gasteiger partial charge in [0, 0.05) is 17.7 Å². The second-order valence-electron chi connectivity index (χ2n) is 9.26. The molecule has 0 radical (unpaired) electrons. The number of pyridine rings is 1. The van der Waals surface area contributed by atoms with Gasteiger partial charge in [0.25, 0.3) is 0 Å². The summed E-state index contributed by atoms with van der Waals surface area (Å²) < 4.78 is 7.61. The lowest BCUT2D eigenvalue weighted by atomic mass is 9.84. The van der Waals surface area contributed by atoms with Crippen LogP contribution >= 0.6 is 0 Å². The lowest BCUT2D eigenvalue weighted by Gasteiger charge is -2.20. The molecule has 178 valence electrons. The van der Waals surface area contributed by atoms with E-state index in [4.69, 9.17) is 4.74 Å². The summed E-state index contributed by atoms with van der Waals surface area (Å²) in [5.41, 5.74) is 10.8. The Morgan fingerprint density at radius 2 is 1.08 bits per heavy atom. The van der Waals surface area contributed by atoms with Gasteiger partial charge in [-0.15, -0.1) is 0 Å². The normalized spacial score (nSPS) is 11.0. The van der Waals surface area contributed by atoms with Crippen LogP contribution in [-0.2, 0) is 7.05 Å². The first-order valence-corrected chi connectivity index (χ1v) is 12.5. The van der Waals surface area contributed by atoms with Gasteiger partial charge < -0.3 is 4.74 Å². The summed E-state index contributed by atoms with van der Waals surface area (Å²) >= 11 is 0. The third-order valence-electron chi connectivity index (χ3n) is 7.04. The van der Waals surface area contributed by atoms with Gasteiger partial charge in [0.15, 0.2) is 6.20 Å². The van der Waals surface area contributed by atoms with E-state index < -0.39 is 0 Å². The van der Waals surface area contributed by atoms with Gasteiger partial charge in [-0.1, -0.05) is 84.9 Å². The topological polar surface area (TPSA) is 13.1 Å². The predicted octanol–water partition coefficient (Wildman–Crippen LogP) is 8.34. The van der Waals surface area contributed by atoms with Crippen molar-refractivity contribution in [2.24, 2.45) is 7.05 Å². The molecule has 0 aliphatic heterocycles. The summed E-state index contributed by atoms with van der Waals surface area (Å²) in [6.07, 6.45) is 2.17. The van der Waals surface area contributed by atoms with Crippen molar-refractivity contribution in [3.63, 3.8) is 0 Å². The van der Waals surface area contributed by atoms with Gasteiger partial charge in [-0.25, -0.2) is 4.57 Å². The number of nitrogens with zero attached hydrogens (tertiary/aromatic N) is 1. The Bertz CT molecular complexity index is 1630. The minimum atomic E-state index is 0.857. The van der Waals surface area contributed by atoms with E-state index in [1.54, 1.807) is 7.11 Å². The molecule has 0 saturated heterocycles. The van der Waals surface area contributed by atoms with E-state index in [0.717, 1.165) is 11.3 Å². The number of methoxy groups -OCH3 is 1. The summed E-state index contributed by atoms with van der Waals surface area (Å²) in [6, 6.07) is 45.3. The molecule has 2 heteroatoms. The molecule has 0 fully saturated rings. The number of ether oxygens (including phenoxy) is 1. The quantitative estimate of drug-likeness (QED) is 0.227. The van der Waals surface area contributed by atoms with E-state index in [9.17, 15) is 0 Å². The summed E-state index contributed by atoms with van der Waals surface area (Å²) in [4.78, 5) is 0. The third kappa shape index (κ3) is 4.28. The Labute approximate surface area is 218 Å². The van der Waals surface area contributed by atoms with Gasteiger partial charge in [-0.05, 0) is 69.3 Å². The highest BCUT2D eigenvalue weighted by molar-refractivity contribution is 6.04. The number of benzene rings is 5. The lowest BCUT2D eigenvalue weighted by Crippen LogP contribution is -2.28. The summed E-state index contributed by atoms with van der Waals surface area (Å²) in [6.45, 7) is 0. The summed E-state index contributed by atoms with van der Waals surface area (Å²) in [5, 5.41) is 1.24. The molecule has 1 aromatic heterocycles. The van der Waals surface area contributed by atoms with Crippen molar-refractivity contribution < 1.29 is 9.30 Å². The van der Waals surface area contributed by atoms with Crippen molar-refractivity contribution in [1.82, 2.24) is 0 Å². The van der Waals surface area contributed by atoms with Crippen LogP contribution in [0, 0.1) is 0 Å². The van der Waals surface area contributed by atoms with Crippen molar-refractivity contribution >= 4 is 10.9 Å². The van der Waals surface area contributed by atoms with E-state index in [-0.39, 0.29) is 0 Å². The zero-order chi connectivity index (χ0) is 25.2. The summed E-state index contributed by atoms with van der Waals surface area (Å²) in [5.74, 6) is 0.857. The average molecular weight is 479 g/mol. The standard InChI is InChI=1S/C35H28NO/c1-36-22-21-31(30-15-9-10-16-34(30)36)35-32(26-11-5-3-6-12-26)23-28(25-17-19-29(37-2)20-18-25)24-33(35)27-13-7-4-8-14-27/h3-24H,1-2H3/q+1. The van der Waals surface area contributed by atoms with Crippen LogP contribution in [-0.4, -0.2) is 7.11 Å². The molecule has 0 bridgehead atoms. The molecule has 0 amide bonds. The number of hydrogen-bond acceptors (Lipinski definition) is 1. The van der Waals surface area contributed by atoms with Crippen molar-refractivity contribution in [2.75, 3.05) is 7.11 Å². The highest BCUT2D eigenvalue weighted by atomic mass is 16.5. The van der Waals surface area contributed by atoms with Crippen LogP contribution in [0.1, 0.15) is 0 Å². The van der Waals surface area contributed by atoms with E-state index in [2.05, 4.69) is 133 Å². The van der Waals surface area contributed by atoms with Crippen molar-refractivity contribution in [1.29, 1.82) is 0 Å². The average Bonchev–Trinajstić information content (AvgIpc) is 2.98. The smallest absolute Gasteiger partial charge is 0.212 e. The van der Waals surface area contributed by atoms with Gasteiger partial charge in [0.1, 0.15) is 12.8 Å². The maximum absolute atomic E-state index is 5.42. The number of para-hydroxylation sites is 1. The number of rotatable bonds is 5. The minimum absolute atomic E-state index is 0.857. The van der Waals surface area contributed by atoms with Gasteiger partial charge >= 0.3 is 0 Å². The van der Waals surface area contributed by atoms with Crippen LogP contribution in [0.4, 0.5) is 0 Å². The Morgan fingerprint density at radius 1 is 0.514 bits per heavy atom. The van der Waals surface area contributed by atoms with Crippen LogP contribution in [0.15, 0.2) is 134 Å². The van der Waals surface area contributed by atoms with E-state index in [1.807, 2.05) is 12.1 Å². The molecule has 0 saturated carbocycles. The number of aromatic nitrogens is 1. The Balaban J connectivity index is 1.73. The van der Waals surface area contributed by atoms with Crippen LogP contribution in [0.3, 0.4) is 0 Å². The molecule has 37 heavy (non-hydrogen) atoms. The molecule has 0 spiro atoms. The lowest BCUT2D eigenvalue weighted by molar-refractivity contribution is -0.644. The van der Waals surface area contributed by atoms with E-state index >= 15 is 0 Å². The molecule has 5 aromatic carbocycles. The van der Waals surface area contributed by atoms with Crippen LogP contribution in [0.25, 0.3) is 55.4 Å². The number of aryl methyl sites for hydroxylation is 1. The fourth-order valence-corrected chi connectivity index (χ4v) is 5.16. The molecule has 0 aliphatic rings.